The summed E-state index contributed by atoms with van der Waals surface area (Å²) in [5.74, 6) is 0.142. The minimum Gasteiger partial charge on any atom is -0.693 e. The summed E-state index contributed by atoms with van der Waals surface area (Å²) >= 11 is 0. The van der Waals surface area contributed by atoms with Gasteiger partial charge in [-0.05, 0) is 22.3 Å². The minimum atomic E-state index is 0. The van der Waals surface area contributed by atoms with Gasteiger partial charge in [-0.15, -0.1) is 0 Å². The first-order valence-corrected chi connectivity index (χ1v) is 6.59. The van der Waals surface area contributed by atoms with E-state index in [0.717, 1.165) is 6.42 Å². The first-order chi connectivity index (χ1) is 9.83. The number of hydrogen-bond donors (Lipinski definition) is 0. The van der Waals surface area contributed by atoms with Crippen molar-refractivity contribution in [2.24, 2.45) is 0 Å². The zero-order chi connectivity index (χ0) is 14.4. The van der Waals surface area contributed by atoms with Crippen LogP contribution in [0, 0.1) is 21.3 Å². The van der Waals surface area contributed by atoms with E-state index in [4.69, 9.17) is 4.74 Å². The summed E-state index contributed by atoms with van der Waals surface area (Å²) in [6, 6.07) is 16.5. The van der Waals surface area contributed by atoms with E-state index in [0.29, 0.717) is 6.61 Å². The summed E-state index contributed by atoms with van der Waals surface area (Å²) in [6.07, 6.45) is 0.750. The third kappa shape index (κ3) is 7.08. The Morgan fingerprint density at radius 2 is 1.33 bits per heavy atom. The molecule has 5 heteroatoms. The second-order valence-electron chi connectivity index (χ2n) is 4.47. The van der Waals surface area contributed by atoms with Crippen LogP contribution in [-0.2, 0) is 42.2 Å². The van der Waals surface area contributed by atoms with E-state index >= 15 is 0 Å². The van der Waals surface area contributed by atoms with Crippen molar-refractivity contribution in [3.05, 3.63) is 87.1 Å². The standard InChI is InChI=1S/C15H11O2.C3H6.CH3.K.H2N.Y/c16-10-17-9-15-13-7-3-1-5-11(13)12-6-2-4-8-14(12)15;1-3-2;;;;/h1-8,15H,9H2;1-3H2;1H3;;1H2;/q-1;-2;-1;+1;-1;. The summed E-state index contributed by atoms with van der Waals surface area (Å²) in [5.41, 5.74) is 4.93. The third-order valence-electron chi connectivity index (χ3n) is 3.27. The predicted octanol–water partition coefficient (Wildman–Crippen LogP) is 2.10. The quantitative estimate of drug-likeness (QED) is 0.560. The summed E-state index contributed by atoms with van der Waals surface area (Å²) < 4.78 is 4.83. The van der Waals surface area contributed by atoms with Crippen LogP contribution < -0.4 is 51.4 Å². The third-order valence-corrected chi connectivity index (χ3v) is 3.27. The summed E-state index contributed by atoms with van der Waals surface area (Å²) in [7, 11) is 0. The van der Waals surface area contributed by atoms with Gasteiger partial charge in [0.25, 0.3) is 0 Å². The van der Waals surface area contributed by atoms with Gasteiger partial charge in [-0.3, -0.25) is 0 Å². The molecule has 3 rings (SSSR count). The van der Waals surface area contributed by atoms with E-state index in [1.54, 1.807) is 0 Å². The first-order valence-electron chi connectivity index (χ1n) is 6.59. The van der Waals surface area contributed by atoms with Crippen molar-refractivity contribution in [2.75, 3.05) is 6.61 Å². The summed E-state index contributed by atoms with van der Waals surface area (Å²) in [4.78, 5) is 10.2. The zero-order valence-corrected chi connectivity index (χ0v) is 20.5. The fourth-order valence-electron chi connectivity index (χ4n) is 2.56. The molecule has 1 aliphatic carbocycles. The molecule has 0 heterocycles. The smallest absolute Gasteiger partial charge is 0.693 e. The number of nitrogens with two attached hydrogens (primary N) is 1. The van der Waals surface area contributed by atoms with Crippen LogP contribution in [0.2, 0.25) is 0 Å². The number of benzene rings is 2. The van der Waals surface area contributed by atoms with Crippen molar-refractivity contribution in [3.63, 3.8) is 0 Å². The fourth-order valence-corrected chi connectivity index (χ4v) is 2.56. The maximum atomic E-state index is 10.2. The number of rotatable bonds is 3. The Morgan fingerprint density at radius 3 is 1.71 bits per heavy atom. The Bertz CT molecular complexity index is 548. The second kappa shape index (κ2) is 15.8. The van der Waals surface area contributed by atoms with Gasteiger partial charge in [0.05, 0.1) is 6.61 Å². The molecule has 2 aromatic rings. The molecule has 0 atom stereocenters. The van der Waals surface area contributed by atoms with E-state index in [1.165, 1.54) is 28.7 Å². The number of carbonyl (C=O) groups excluding carboxylic acids is 1. The maximum absolute atomic E-state index is 10.2. The predicted molar refractivity (Wildman–Crippen MR) is 92.4 cm³/mol. The van der Waals surface area contributed by atoms with Gasteiger partial charge in [0.15, 0.2) is 0 Å². The molecule has 0 amide bonds. The van der Waals surface area contributed by atoms with Crippen molar-refractivity contribution < 1.29 is 93.6 Å². The summed E-state index contributed by atoms with van der Waals surface area (Å²) in [5, 5.41) is 0. The number of ether oxygens (including phenoxy) is 1. The van der Waals surface area contributed by atoms with Crippen LogP contribution in [0.5, 0.6) is 0 Å². The van der Waals surface area contributed by atoms with E-state index in [9.17, 15) is 4.79 Å². The first kappa shape index (κ1) is 29.4. The Hall–Kier alpha value is 0.610. The summed E-state index contributed by atoms with van der Waals surface area (Å²) in [6.45, 7) is 8.61. The molecule has 0 aliphatic heterocycles. The number of hydrogen-bond acceptors (Lipinski definition) is 2. The molecule has 1 radical (unpaired) electrons. The van der Waals surface area contributed by atoms with Crippen LogP contribution in [0.1, 0.15) is 23.5 Å². The molecule has 0 unspecified atom stereocenters. The molecule has 0 bridgehead atoms. The molecule has 3 nitrogen and oxygen atoms in total. The van der Waals surface area contributed by atoms with Crippen LogP contribution in [-0.4, -0.2) is 13.1 Å². The van der Waals surface area contributed by atoms with Crippen molar-refractivity contribution in [3.8, 4) is 11.1 Å². The van der Waals surface area contributed by atoms with Gasteiger partial charge in [0, 0.05) is 38.6 Å². The average molecular weight is 424 g/mol. The molecule has 123 valence electrons. The van der Waals surface area contributed by atoms with Gasteiger partial charge in [-0.25, -0.2) is 0 Å². The van der Waals surface area contributed by atoms with Crippen molar-refractivity contribution in [1.29, 1.82) is 0 Å². The Morgan fingerprint density at radius 1 is 0.958 bits per heavy atom. The van der Waals surface area contributed by atoms with Crippen LogP contribution in [0.25, 0.3) is 17.3 Å². The van der Waals surface area contributed by atoms with E-state index < -0.39 is 0 Å². The van der Waals surface area contributed by atoms with Gasteiger partial charge in [-0.1, -0.05) is 55.0 Å². The normalized spacial score (nSPS) is 9.92. The van der Waals surface area contributed by atoms with E-state index in [1.807, 2.05) is 24.3 Å². The van der Waals surface area contributed by atoms with Gasteiger partial charge < -0.3 is 43.4 Å². The minimum absolute atomic E-state index is 0. The number of fused-ring (bicyclic) bond motifs is 3. The zero-order valence-electron chi connectivity index (χ0n) is 14.5. The average Bonchev–Trinajstić information content (AvgIpc) is 2.80. The van der Waals surface area contributed by atoms with E-state index in [2.05, 4.69) is 38.1 Å². The molecule has 2 aromatic carbocycles. The fraction of sp³-hybridized carbons (Fsp3) is 0.158. The molecule has 0 saturated carbocycles. The van der Waals surface area contributed by atoms with E-state index in [-0.39, 0.29) is 104 Å². The van der Waals surface area contributed by atoms with Gasteiger partial charge in [-0.2, -0.15) is 0 Å². The Labute approximate surface area is 214 Å². The molecule has 0 saturated heterocycles. The topological polar surface area (TPSA) is 59.8 Å². The molecule has 0 aromatic heterocycles. The molecule has 24 heavy (non-hydrogen) atoms. The Kier molecular flexibility index (Phi) is 19.4. The molecule has 1 aliphatic rings. The van der Waals surface area contributed by atoms with Crippen molar-refractivity contribution in [1.82, 2.24) is 0 Å². The molecule has 0 spiro atoms. The van der Waals surface area contributed by atoms with Gasteiger partial charge in [0.1, 0.15) is 0 Å². The molecule has 0 fully saturated rings. The molecular formula is C19H22KNO2Y-4. The SMILES string of the molecule is O=[C-]OCC1c2ccccc2-c2ccccc21.[CH2-]C[CH2-].[CH3-].[K+].[NH2-].[Y]. The van der Waals surface area contributed by atoms with Gasteiger partial charge in [0.2, 0.25) is 0 Å². The maximum Gasteiger partial charge on any atom is 1.00 e. The van der Waals surface area contributed by atoms with Crippen LogP contribution in [0.3, 0.4) is 0 Å². The molecule has 2 N–H and O–H groups in total. The van der Waals surface area contributed by atoms with Gasteiger partial charge >= 0.3 is 51.4 Å². The second-order valence-corrected chi connectivity index (χ2v) is 4.47. The largest absolute Gasteiger partial charge is 1.00 e. The Balaban J connectivity index is -0.000000590. The van der Waals surface area contributed by atoms with Crippen LogP contribution >= 0.6 is 0 Å². The monoisotopic (exact) mass is 424 g/mol. The van der Waals surface area contributed by atoms with Crippen molar-refractivity contribution >= 4 is 6.47 Å². The van der Waals surface area contributed by atoms with Crippen molar-refractivity contribution in [2.45, 2.75) is 12.3 Å². The van der Waals surface area contributed by atoms with Crippen LogP contribution in [0.4, 0.5) is 0 Å². The van der Waals surface area contributed by atoms with Crippen LogP contribution in [0.15, 0.2) is 48.5 Å². The molecular weight excluding hydrogens is 402 g/mol.